The van der Waals surface area contributed by atoms with Crippen molar-refractivity contribution in [3.8, 4) is 5.75 Å². The predicted molar refractivity (Wildman–Crippen MR) is 155 cm³/mol. The molecule has 1 aromatic heterocycles. The minimum Gasteiger partial charge on any atom is -0.492 e. The predicted octanol–water partition coefficient (Wildman–Crippen LogP) is 2.68. The van der Waals surface area contributed by atoms with Gasteiger partial charge in [-0.2, -0.15) is 0 Å². The highest BCUT2D eigenvalue weighted by Gasteiger charge is 2.19. The number of imidazole rings is 1. The summed E-state index contributed by atoms with van der Waals surface area (Å²) >= 11 is 0. The maximum absolute atomic E-state index is 9.55. The lowest BCUT2D eigenvalue weighted by molar-refractivity contribution is -0.134. The molecule has 2 heterocycles. The van der Waals surface area contributed by atoms with E-state index in [0.29, 0.717) is 30.9 Å². The molecular weight excluding hydrogens is 548 g/mol. The van der Waals surface area contributed by atoms with Crippen LogP contribution in [0.2, 0.25) is 0 Å². The third kappa shape index (κ3) is 12.3. The van der Waals surface area contributed by atoms with E-state index in [1.165, 1.54) is 11.9 Å². The third-order valence-corrected chi connectivity index (χ3v) is 5.70. The summed E-state index contributed by atoms with van der Waals surface area (Å²) in [5, 5.41) is 31.2. The fourth-order valence-electron chi connectivity index (χ4n) is 3.83. The molecule has 1 fully saturated rings. The summed E-state index contributed by atoms with van der Waals surface area (Å²) < 4.78 is 8.25. The number of rotatable bonds is 9. The first-order valence-electron chi connectivity index (χ1n) is 12.9. The number of carbonyl (C=O) groups is 4. The summed E-state index contributed by atoms with van der Waals surface area (Å²) in [6.07, 6.45) is 3.40. The van der Waals surface area contributed by atoms with Crippen LogP contribution < -0.4 is 9.64 Å². The molecule has 1 aliphatic heterocycles. The minimum absolute atomic E-state index is 0.558. The second-order valence-electron chi connectivity index (χ2n) is 8.88. The molecule has 42 heavy (non-hydrogen) atoms. The summed E-state index contributed by atoms with van der Waals surface area (Å²) in [6, 6.07) is 18.4. The third-order valence-electron chi connectivity index (χ3n) is 5.70. The first-order chi connectivity index (χ1) is 20.1. The molecule has 0 radical (unpaired) electrons. The Kier molecular flexibility index (Phi) is 13.8. The van der Waals surface area contributed by atoms with E-state index in [-0.39, 0.29) is 0 Å². The van der Waals surface area contributed by atoms with E-state index in [1.807, 2.05) is 30.3 Å². The average Bonchev–Trinajstić information content (AvgIpc) is 3.17. The molecule has 0 atom stereocenters. The summed E-state index contributed by atoms with van der Waals surface area (Å²) in [6.45, 7) is 5.70. The molecule has 0 bridgehead atoms. The van der Waals surface area contributed by atoms with Crippen LogP contribution in [0.1, 0.15) is 6.42 Å². The van der Waals surface area contributed by atoms with Gasteiger partial charge in [-0.3, -0.25) is 0 Å². The van der Waals surface area contributed by atoms with Crippen LogP contribution in [0.5, 0.6) is 5.75 Å². The molecule has 224 valence electrons. The van der Waals surface area contributed by atoms with Crippen LogP contribution in [0.4, 0.5) is 5.95 Å². The van der Waals surface area contributed by atoms with Gasteiger partial charge in [-0.15, -0.1) is 0 Å². The Morgan fingerprint density at radius 3 is 1.88 bits per heavy atom. The quantitative estimate of drug-likeness (QED) is 0.271. The van der Waals surface area contributed by atoms with Crippen molar-refractivity contribution < 1.29 is 44.3 Å². The number of benzene rings is 2. The Balaban J connectivity index is 0.000000319. The van der Waals surface area contributed by atoms with Gasteiger partial charge in [0.15, 0.2) is 0 Å². The lowest BCUT2D eigenvalue weighted by Gasteiger charge is -2.23. The Labute approximate surface area is 242 Å². The van der Waals surface area contributed by atoms with Crippen molar-refractivity contribution in [3.63, 3.8) is 0 Å². The van der Waals surface area contributed by atoms with Crippen LogP contribution in [0.3, 0.4) is 0 Å². The minimum atomic E-state index is -1.26. The lowest BCUT2D eigenvalue weighted by Crippen LogP contribution is -2.31. The highest BCUT2D eigenvalue weighted by molar-refractivity contribution is 5.90. The van der Waals surface area contributed by atoms with Gasteiger partial charge in [0, 0.05) is 43.9 Å². The molecule has 1 saturated heterocycles. The molecule has 0 aliphatic carbocycles. The lowest BCUT2D eigenvalue weighted by atomic mass is 10.3. The number of fused-ring (bicyclic) bond motifs is 1. The van der Waals surface area contributed by atoms with E-state index < -0.39 is 23.9 Å². The number of nitrogens with zero attached hydrogens (tertiary/aromatic N) is 4. The zero-order valence-electron chi connectivity index (χ0n) is 23.1. The van der Waals surface area contributed by atoms with E-state index in [2.05, 4.69) is 45.7 Å². The number of para-hydroxylation sites is 3. The molecule has 0 unspecified atom stereocenters. The van der Waals surface area contributed by atoms with Crippen molar-refractivity contribution in [2.45, 2.75) is 13.0 Å². The van der Waals surface area contributed by atoms with Crippen LogP contribution >= 0.6 is 0 Å². The first-order valence-corrected chi connectivity index (χ1v) is 12.9. The number of carboxylic acid groups (broad SMARTS) is 4. The normalized spacial score (nSPS) is 13.5. The van der Waals surface area contributed by atoms with Gasteiger partial charge in [-0.1, -0.05) is 30.3 Å². The van der Waals surface area contributed by atoms with Gasteiger partial charge in [-0.05, 0) is 44.3 Å². The van der Waals surface area contributed by atoms with Gasteiger partial charge in [0.2, 0.25) is 5.95 Å². The Morgan fingerprint density at radius 1 is 0.762 bits per heavy atom. The number of carboxylic acids is 4. The van der Waals surface area contributed by atoms with Gasteiger partial charge < -0.3 is 39.5 Å². The van der Waals surface area contributed by atoms with Crippen LogP contribution in [-0.4, -0.2) is 98.6 Å². The molecule has 0 saturated carbocycles. The summed E-state index contributed by atoms with van der Waals surface area (Å²) in [5.74, 6) is -3.05. The first kappa shape index (κ1) is 33.0. The van der Waals surface area contributed by atoms with Crippen molar-refractivity contribution in [3.05, 3.63) is 78.9 Å². The van der Waals surface area contributed by atoms with Crippen molar-refractivity contribution in [2.24, 2.45) is 0 Å². The Hall–Kier alpha value is -5.17. The van der Waals surface area contributed by atoms with E-state index in [0.717, 1.165) is 49.9 Å². The van der Waals surface area contributed by atoms with E-state index in [9.17, 15) is 19.2 Å². The largest absolute Gasteiger partial charge is 0.492 e. The van der Waals surface area contributed by atoms with E-state index in [4.69, 9.17) is 30.1 Å². The topological polar surface area (TPSA) is 183 Å². The number of ether oxygens (including phenoxy) is 1. The molecule has 0 amide bonds. The zero-order chi connectivity index (χ0) is 30.9. The molecule has 13 heteroatoms. The molecule has 4 N–H and O–H groups in total. The second-order valence-corrected chi connectivity index (χ2v) is 8.88. The van der Waals surface area contributed by atoms with Gasteiger partial charge in [-0.25, -0.2) is 24.2 Å². The van der Waals surface area contributed by atoms with Gasteiger partial charge in [0.25, 0.3) is 0 Å². The summed E-state index contributed by atoms with van der Waals surface area (Å²) in [5.41, 5.74) is 2.23. The highest BCUT2D eigenvalue weighted by Crippen LogP contribution is 2.24. The van der Waals surface area contributed by atoms with Crippen LogP contribution in [0.25, 0.3) is 11.0 Å². The van der Waals surface area contributed by atoms with Crippen LogP contribution in [0, 0.1) is 0 Å². The molecular formula is C29H34N4O9. The zero-order valence-corrected chi connectivity index (χ0v) is 23.1. The SMILES string of the molecule is CN1CCCN(c2nc3ccccc3n2CCOc2ccccc2)CC1.O=C(O)C=CC(=O)O.O=C(O)C=CC(=O)O. The summed E-state index contributed by atoms with van der Waals surface area (Å²) in [7, 11) is 2.19. The Morgan fingerprint density at radius 2 is 1.31 bits per heavy atom. The van der Waals surface area contributed by atoms with Gasteiger partial charge in [0.05, 0.1) is 17.6 Å². The van der Waals surface area contributed by atoms with E-state index in [1.54, 1.807) is 0 Å². The standard InChI is InChI=1S/C21H26N4O.2C4H4O4/c1-23-12-7-13-24(15-14-23)21-22-19-10-5-6-11-20(19)25(21)16-17-26-18-8-3-2-4-9-18;2*5-3(6)1-2-4(7)8/h2-6,8-11H,7,12-17H2,1H3;2*1-2H,(H,5,6)(H,7,8). The maximum Gasteiger partial charge on any atom is 0.328 e. The molecule has 4 rings (SSSR count). The number of aromatic nitrogens is 2. The molecule has 3 aromatic rings. The average molecular weight is 583 g/mol. The Bertz CT molecular complexity index is 1320. The molecule has 2 aromatic carbocycles. The highest BCUT2D eigenvalue weighted by atomic mass is 16.5. The van der Waals surface area contributed by atoms with Crippen molar-refractivity contribution >= 4 is 40.9 Å². The maximum atomic E-state index is 9.55. The van der Waals surface area contributed by atoms with Crippen molar-refractivity contribution in [1.82, 2.24) is 14.5 Å². The number of hydrogen-bond acceptors (Lipinski definition) is 8. The smallest absolute Gasteiger partial charge is 0.328 e. The molecule has 1 aliphatic rings. The molecule has 13 nitrogen and oxygen atoms in total. The van der Waals surface area contributed by atoms with Crippen LogP contribution in [-0.2, 0) is 25.7 Å². The number of anilines is 1. The number of likely N-dealkylation sites (N-methyl/N-ethyl adjacent to an activating group) is 1. The summed E-state index contributed by atoms with van der Waals surface area (Å²) in [4.78, 5) is 48.0. The van der Waals surface area contributed by atoms with Gasteiger partial charge in [0.1, 0.15) is 12.4 Å². The number of hydrogen-bond donors (Lipinski definition) is 4. The fraction of sp³-hybridized carbons (Fsp3) is 0.276. The van der Waals surface area contributed by atoms with Gasteiger partial charge >= 0.3 is 23.9 Å². The molecule has 0 spiro atoms. The van der Waals surface area contributed by atoms with Crippen molar-refractivity contribution in [1.29, 1.82) is 0 Å². The second kappa shape index (κ2) is 17.5. The van der Waals surface area contributed by atoms with Crippen molar-refractivity contribution in [2.75, 3.05) is 44.7 Å². The van der Waals surface area contributed by atoms with E-state index >= 15 is 0 Å². The fourth-order valence-corrected chi connectivity index (χ4v) is 3.83. The monoisotopic (exact) mass is 582 g/mol. The number of aliphatic carboxylic acids is 4. The van der Waals surface area contributed by atoms with Crippen LogP contribution in [0.15, 0.2) is 78.9 Å².